The second kappa shape index (κ2) is 6.10. The van der Waals surface area contributed by atoms with Gasteiger partial charge in [-0.15, -0.1) is 0 Å². The van der Waals surface area contributed by atoms with Crippen molar-refractivity contribution in [3.05, 3.63) is 0 Å². The lowest BCUT2D eigenvalue weighted by Gasteiger charge is -2.59. The molecule has 23 heavy (non-hydrogen) atoms. The van der Waals surface area contributed by atoms with Crippen LogP contribution in [0.2, 0.25) is 0 Å². The van der Waals surface area contributed by atoms with E-state index in [0.717, 1.165) is 11.8 Å². The molecule has 0 N–H and O–H groups in total. The second-order valence-corrected chi connectivity index (χ2v) is 8.30. The van der Waals surface area contributed by atoms with Gasteiger partial charge in [0.25, 0.3) is 0 Å². The maximum atomic E-state index is 12.5. The van der Waals surface area contributed by atoms with Gasteiger partial charge in [-0.05, 0) is 76.0 Å². The molecule has 0 aromatic heterocycles. The predicted octanol–water partition coefficient (Wildman–Crippen LogP) is 3.72. The second-order valence-electron chi connectivity index (χ2n) is 8.30. The lowest BCUT2D eigenvalue weighted by atomic mass is 9.50. The minimum absolute atomic E-state index is 0.179. The van der Waals surface area contributed by atoms with E-state index in [-0.39, 0.29) is 23.5 Å². The number of hydrogen-bond acceptors (Lipinski definition) is 4. The van der Waals surface area contributed by atoms with E-state index in [0.29, 0.717) is 18.3 Å². The number of carbonyl (C=O) groups excluding carboxylic acids is 2. The topological polar surface area (TPSA) is 52.6 Å². The van der Waals surface area contributed by atoms with Crippen molar-refractivity contribution in [2.45, 2.75) is 77.9 Å². The zero-order chi connectivity index (χ0) is 16.8. The predicted molar refractivity (Wildman–Crippen MR) is 86.6 cm³/mol. The molecule has 4 saturated carbocycles. The molecule has 130 valence electrons. The van der Waals surface area contributed by atoms with Crippen LogP contribution in [0.25, 0.3) is 0 Å². The van der Waals surface area contributed by atoms with E-state index in [2.05, 4.69) is 6.92 Å². The molecule has 0 heterocycles. The molecule has 4 fully saturated rings. The SMILES string of the molecule is CCC(C)C(=O)OC(C)C(=O)OC1(C)C2CC3CC(C2)CC1C3. The first-order valence-corrected chi connectivity index (χ1v) is 9.26. The normalized spacial score (nSPS) is 40.5. The summed E-state index contributed by atoms with van der Waals surface area (Å²) in [5, 5.41) is 0. The van der Waals surface area contributed by atoms with Crippen LogP contribution in [0.3, 0.4) is 0 Å². The average molecular weight is 322 g/mol. The molecule has 2 atom stereocenters. The summed E-state index contributed by atoms with van der Waals surface area (Å²) >= 11 is 0. The number of carbonyl (C=O) groups is 2. The monoisotopic (exact) mass is 322 g/mol. The van der Waals surface area contributed by atoms with Gasteiger partial charge in [-0.3, -0.25) is 4.79 Å². The number of rotatable bonds is 5. The molecular formula is C19H30O4. The van der Waals surface area contributed by atoms with Crippen LogP contribution < -0.4 is 0 Å². The third-order valence-corrected chi connectivity index (χ3v) is 6.72. The Balaban J connectivity index is 1.62. The Morgan fingerprint density at radius 2 is 1.52 bits per heavy atom. The van der Waals surface area contributed by atoms with Crippen molar-refractivity contribution in [2.24, 2.45) is 29.6 Å². The van der Waals surface area contributed by atoms with Crippen LogP contribution in [0.1, 0.15) is 66.2 Å². The molecule has 0 saturated heterocycles. The lowest BCUT2D eigenvalue weighted by molar-refractivity contribution is -0.212. The van der Waals surface area contributed by atoms with Gasteiger partial charge in [-0.1, -0.05) is 13.8 Å². The Bertz CT molecular complexity index is 456. The van der Waals surface area contributed by atoms with E-state index in [1.54, 1.807) is 6.92 Å². The minimum atomic E-state index is -0.814. The fourth-order valence-corrected chi connectivity index (χ4v) is 5.09. The van der Waals surface area contributed by atoms with Crippen LogP contribution in [0.4, 0.5) is 0 Å². The zero-order valence-corrected chi connectivity index (χ0v) is 14.8. The van der Waals surface area contributed by atoms with Gasteiger partial charge in [0.2, 0.25) is 0 Å². The number of esters is 2. The van der Waals surface area contributed by atoms with E-state index in [4.69, 9.17) is 9.47 Å². The van der Waals surface area contributed by atoms with Gasteiger partial charge in [-0.2, -0.15) is 0 Å². The zero-order valence-electron chi connectivity index (χ0n) is 14.8. The molecule has 0 amide bonds. The molecule has 2 unspecified atom stereocenters. The summed E-state index contributed by atoms with van der Waals surface area (Å²) in [6.07, 6.45) is 6.04. The summed E-state index contributed by atoms with van der Waals surface area (Å²) in [6.45, 7) is 7.49. The molecule has 0 spiro atoms. The van der Waals surface area contributed by atoms with Gasteiger partial charge in [0.15, 0.2) is 6.10 Å². The fourth-order valence-electron chi connectivity index (χ4n) is 5.09. The van der Waals surface area contributed by atoms with Crippen molar-refractivity contribution in [1.82, 2.24) is 0 Å². The molecule has 4 aliphatic carbocycles. The van der Waals surface area contributed by atoms with E-state index < -0.39 is 6.10 Å². The largest absolute Gasteiger partial charge is 0.456 e. The molecule has 4 heteroatoms. The molecule has 4 nitrogen and oxygen atoms in total. The van der Waals surface area contributed by atoms with Crippen LogP contribution in [0.15, 0.2) is 0 Å². The highest BCUT2D eigenvalue weighted by atomic mass is 16.6. The first-order chi connectivity index (χ1) is 10.8. The lowest BCUT2D eigenvalue weighted by Crippen LogP contribution is -2.58. The van der Waals surface area contributed by atoms with Gasteiger partial charge < -0.3 is 9.47 Å². The van der Waals surface area contributed by atoms with Crippen molar-refractivity contribution in [2.75, 3.05) is 0 Å². The highest BCUT2D eigenvalue weighted by Gasteiger charge is 2.57. The Hall–Kier alpha value is -1.06. The Labute approximate surface area is 139 Å². The molecule has 0 aromatic carbocycles. The average Bonchev–Trinajstić information content (AvgIpc) is 2.51. The van der Waals surface area contributed by atoms with E-state index in [1.807, 2.05) is 13.8 Å². The maximum Gasteiger partial charge on any atom is 0.347 e. The molecule has 0 radical (unpaired) electrons. The third kappa shape index (κ3) is 3.01. The Kier molecular flexibility index (Phi) is 4.45. The molecule has 4 rings (SSSR count). The standard InChI is InChI=1S/C19H30O4/c1-5-11(2)17(20)22-12(3)18(21)23-19(4)15-7-13-6-14(9-15)10-16(19)8-13/h11-16H,5-10H2,1-4H3. The van der Waals surface area contributed by atoms with Crippen LogP contribution in [-0.4, -0.2) is 23.6 Å². The van der Waals surface area contributed by atoms with Gasteiger partial charge in [-0.25, -0.2) is 4.79 Å². The number of ether oxygens (including phenoxy) is 2. The molecular weight excluding hydrogens is 292 g/mol. The van der Waals surface area contributed by atoms with Crippen LogP contribution >= 0.6 is 0 Å². The number of hydrogen-bond donors (Lipinski definition) is 0. The van der Waals surface area contributed by atoms with Crippen molar-refractivity contribution >= 4 is 11.9 Å². The van der Waals surface area contributed by atoms with Crippen molar-refractivity contribution < 1.29 is 19.1 Å². The Morgan fingerprint density at radius 3 is 2.00 bits per heavy atom. The molecule has 0 aliphatic heterocycles. The molecule has 4 aliphatic rings. The highest BCUT2D eigenvalue weighted by Crippen LogP contribution is 2.59. The van der Waals surface area contributed by atoms with Crippen molar-refractivity contribution in [3.8, 4) is 0 Å². The quantitative estimate of drug-likeness (QED) is 0.724. The maximum absolute atomic E-state index is 12.5. The van der Waals surface area contributed by atoms with E-state index in [9.17, 15) is 9.59 Å². The van der Waals surface area contributed by atoms with Crippen LogP contribution in [-0.2, 0) is 19.1 Å². The van der Waals surface area contributed by atoms with E-state index >= 15 is 0 Å². The highest BCUT2D eigenvalue weighted by molar-refractivity contribution is 5.80. The smallest absolute Gasteiger partial charge is 0.347 e. The summed E-state index contributed by atoms with van der Waals surface area (Å²) in [4.78, 5) is 24.4. The summed E-state index contributed by atoms with van der Waals surface area (Å²) in [5.41, 5.74) is -0.360. The minimum Gasteiger partial charge on any atom is -0.456 e. The first kappa shape index (κ1) is 16.8. The van der Waals surface area contributed by atoms with Crippen molar-refractivity contribution in [3.63, 3.8) is 0 Å². The summed E-state index contributed by atoms with van der Waals surface area (Å²) in [6, 6.07) is 0. The first-order valence-electron chi connectivity index (χ1n) is 9.26. The van der Waals surface area contributed by atoms with Crippen LogP contribution in [0.5, 0.6) is 0 Å². The third-order valence-electron chi connectivity index (χ3n) is 6.72. The van der Waals surface area contributed by atoms with E-state index in [1.165, 1.54) is 32.1 Å². The fraction of sp³-hybridized carbons (Fsp3) is 0.895. The summed E-state index contributed by atoms with van der Waals surface area (Å²) in [5.74, 6) is 1.78. The van der Waals surface area contributed by atoms with Gasteiger partial charge in [0.1, 0.15) is 5.60 Å². The molecule has 4 bridgehead atoms. The van der Waals surface area contributed by atoms with Gasteiger partial charge in [0, 0.05) is 0 Å². The molecule has 0 aromatic rings. The van der Waals surface area contributed by atoms with Crippen LogP contribution in [0, 0.1) is 29.6 Å². The summed E-state index contributed by atoms with van der Waals surface area (Å²) < 4.78 is 11.3. The summed E-state index contributed by atoms with van der Waals surface area (Å²) in [7, 11) is 0. The Morgan fingerprint density at radius 1 is 1.00 bits per heavy atom. The van der Waals surface area contributed by atoms with Crippen molar-refractivity contribution in [1.29, 1.82) is 0 Å². The van der Waals surface area contributed by atoms with Gasteiger partial charge in [0.05, 0.1) is 5.92 Å². The van der Waals surface area contributed by atoms with Gasteiger partial charge >= 0.3 is 11.9 Å².